The van der Waals surface area contributed by atoms with Crippen LogP contribution in [0.5, 0.6) is 0 Å². The number of nitrogens with one attached hydrogen (secondary N) is 2. The average molecular weight is 477 g/mol. The highest BCUT2D eigenvalue weighted by atomic mass is 16.2. The van der Waals surface area contributed by atoms with Gasteiger partial charge in [0.15, 0.2) is 11.5 Å². The Morgan fingerprint density at radius 3 is 2.51 bits per heavy atom. The third-order valence-corrected chi connectivity index (χ3v) is 6.28. The molecular weight excluding hydrogens is 444 g/mol. The number of hydrogen-bond acceptors (Lipinski definition) is 7. The molecule has 0 atom stereocenters. The molecule has 1 aliphatic heterocycles. The number of aryl methyl sites for hydroxylation is 2. The SMILES string of the molecule is CNC(=O)c1cn(CCCCc2ccc(NC(=O)CN3CCC(c4ccccc4)CC3)nn2)nn1. The highest BCUT2D eigenvalue weighted by Gasteiger charge is 2.22. The van der Waals surface area contributed by atoms with Crippen molar-refractivity contribution < 1.29 is 9.59 Å². The summed E-state index contributed by atoms with van der Waals surface area (Å²) in [5.41, 5.74) is 2.57. The van der Waals surface area contributed by atoms with Crippen molar-refractivity contribution in [1.29, 1.82) is 0 Å². The molecule has 2 N–H and O–H groups in total. The fraction of sp³-hybridized carbons (Fsp3) is 0.440. The molecule has 184 valence electrons. The van der Waals surface area contributed by atoms with Gasteiger partial charge < -0.3 is 10.6 Å². The van der Waals surface area contributed by atoms with Crippen molar-refractivity contribution in [1.82, 2.24) is 35.4 Å². The number of amides is 2. The number of aromatic nitrogens is 5. The molecule has 0 radical (unpaired) electrons. The van der Waals surface area contributed by atoms with Gasteiger partial charge in [0.25, 0.3) is 5.91 Å². The largest absolute Gasteiger partial charge is 0.354 e. The smallest absolute Gasteiger partial charge is 0.273 e. The quantitative estimate of drug-likeness (QED) is 0.431. The Hall–Kier alpha value is -3.66. The molecule has 1 fully saturated rings. The highest BCUT2D eigenvalue weighted by molar-refractivity contribution is 5.91. The first-order valence-corrected chi connectivity index (χ1v) is 12.1. The lowest BCUT2D eigenvalue weighted by Crippen LogP contribution is -2.38. The molecule has 0 aliphatic carbocycles. The summed E-state index contributed by atoms with van der Waals surface area (Å²) in [6.45, 7) is 2.88. The minimum absolute atomic E-state index is 0.0610. The molecule has 0 unspecified atom stereocenters. The van der Waals surface area contributed by atoms with E-state index in [9.17, 15) is 9.59 Å². The van der Waals surface area contributed by atoms with Gasteiger partial charge in [-0.2, -0.15) is 5.10 Å². The number of benzene rings is 1. The van der Waals surface area contributed by atoms with Crippen molar-refractivity contribution in [3.8, 4) is 0 Å². The number of rotatable bonds is 10. The summed E-state index contributed by atoms with van der Waals surface area (Å²) in [5, 5.41) is 21.6. The number of anilines is 1. The fourth-order valence-corrected chi connectivity index (χ4v) is 4.31. The average Bonchev–Trinajstić information content (AvgIpc) is 3.37. The van der Waals surface area contributed by atoms with Crippen LogP contribution in [0.2, 0.25) is 0 Å². The Kier molecular flexibility index (Phi) is 8.50. The summed E-state index contributed by atoms with van der Waals surface area (Å²) in [5.74, 6) is 0.743. The first-order chi connectivity index (χ1) is 17.1. The lowest BCUT2D eigenvalue weighted by atomic mass is 9.89. The fourth-order valence-electron chi connectivity index (χ4n) is 4.31. The second kappa shape index (κ2) is 12.2. The molecule has 35 heavy (non-hydrogen) atoms. The summed E-state index contributed by atoms with van der Waals surface area (Å²) in [4.78, 5) is 26.2. The van der Waals surface area contributed by atoms with Gasteiger partial charge in [0.1, 0.15) is 0 Å². The van der Waals surface area contributed by atoms with Crippen molar-refractivity contribution in [2.45, 2.75) is 44.6 Å². The Morgan fingerprint density at radius 1 is 1.00 bits per heavy atom. The van der Waals surface area contributed by atoms with Crippen molar-refractivity contribution in [2.75, 3.05) is 32.0 Å². The zero-order valence-electron chi connectivity index (χ0n) is 20.1. The molecule has 10 nitrogen and oxygen atoms in total. The molecule has 3 heterocycles. The van der Waals surface area contributed by atoms with E-state index in [2.05, 4.69) is 60.3 Å². The van der Waals surface area contributed by atoms with E-state index >= 15 is 0 Å². The van der Waals surface area contributed by atoms with Crippen LogP contribution in [0.1, 0.15) is 53.3 Å². The molecular formula is C25H32N8O2. The van der Waals surface area contributed by atoms with Crippen LogP contribution < -0.4 is 10.6 Å². The van der Waals surface area contributed by atoms with Crippen molar-refractivity contribution in [3.63, 3.8) is 0 Å². The molecule has 0 spiro atoms. The number of piperidine rings is 1. The number of hydrogen-bond donors (Lipinski definition) is 2. The molecule has 3 aromatic rings. The topological polar surface area (TPSA) is 118 Å². The summed E-state index contributed by atoms with van der Waals surface area (Å²) in [6.07, 6.45) is 6.32. The maximum Gasteiger partial charge on any atom is 0.273 e. The molecule has 10 heteroatoms. The number of likely N-dealkylation sites (tertiary alicyclic amines) is 1. The van der Waals surface area contributed by atoms with Crippen LogP contribution in [0.25, 0.3) is 0 Å². The minimum atomic E-state index is -0.244. The van der Waals surface area contributed by atoms with E-state index in [-0.39, 0.29) is 11.8 Å². The third kappa shape index (κ3) is 7.16. The predicted molar refractivity (Wildman–Crippen MR) is 132 cm³/mol. The maximum absolute atomic E-state index is 12.5. The van der Waals surface area contributed by atoms with E-state index in [0.717, 1.165) is 50.9 Å². The third-order valence-electron chi connectivity index (χ3n) is 6.28. The zero-order chi connectivity index (χ0) is 24.5. The Bertz CT molecular complexity index is 1090. The van der Waals surface area contributed by atoms with Gasteiger partial charge in [-0.3, -0.25) is 19.2 Å². The van der Waals surface area contributed by atoms with Gasteiger partial charge in [0.2, 0.25) is 5.91 Å². The van der Waals surface area contributed by atoms with Crippen LogP contribution in [-0.4, -0.2) is 68.6 Å². The molecule has 2 aromatic heterocycles. The first kappa shape index (κ1) is 24.5. The minimum Gasteiger partial charge on any atom is -0.354 e. The zero-order valence-corrected chi connectivity index (χ0v) is 20.1. The van der Waals surface area contributed by atoms with Crippen LogP contribution in [0.4, 0.5) is 5.82 Å². The normalized spacial score (nSPS) is 14.5. The van der Waals surface area contributed by atoms with E-state index in [0.29, 0.717) is 30.5 Å². The Balaban J connectivity index is 1.14. The number of unbranched alkanes of at least 4 members (excludes halogenated alkanes) is 1. The van der Waals surface area contributed by atoms with E-state index in [1.54, 1.807) is 24.0 Å². The summed E-state index contributed by atoms with van der Waals surface area (Å²) in [7, 11) is 1.56. The predicted octanol–water partition coefficient (Wildman–Crippen LogP) is 2.27. The highest BCUT2D eigenvalue weighted by Crippen LogP contribution is 2.27. The summed E-state index contributed by atoms with van der Waals surface area (Å²) < 4.78 is 1.67. The Morgan fingerprint density at radius 2 is 1.80 bits per heavy atom. The summed E-state index contributed by atoms with van der Waals surface area (Å²) >= 11 is 0. The number of carbonyl (C=O) groups is 2. The van der Waals surface area contributed by atoms with Crippen LogP contribution in [0.15, 0.2) is 48.7 Å². The van der Waals surface area contributed by atoms with Crippen molar-refractivity contribution in [2.24, 2.45) is 0 Å². The monoisotopic (exact) mass is 476 g/mol. The van der Waals surface area contributed by atoms with Gasteiger partial charge in [-0.15, -0.1) is 10.2 Å². The molecule has 4 rings (SSSR count). The number of carbonyl (C=O) groups excluding carboxylic acids is 2. The lowest BCUT2D eigenvalue weighted by molar-refractivity contribution is -0.117. The van der Waals surface area contributed by atoms with Crippen molar-refractivity contribution >= 4 is 17.6 Å². The van der Waals surface area contributed by atoms with Crippen LogP contribution >= 0.6 is 0 Å². The van der Waals surface area contributed by atoms with Gasteiger partial charge in [-0.05, 0) is 68.8 Å². The van der Waals surface area contributed by atoms with Crippen molar-refractivity contribution in [3.05, 3.63) is 65.6 Å². The van der Waals surface area contributed by atoms with Crippen LogP contribution in [0.3, 0.4) is 0 Å². The standard InChI is InChI=1S/C25H32N8O2/c1-26-25(35)22-17-33(31-29-22)14-6-5-9-21-10-11-23(30-28-21)27-24(34)18-32-15-12-20(13-16-32)19-7-3-2-4-8-19/h2-4,7-8,10-11,17,20H,5-6,9,12-16,18H2,1H3,(H,26,35)(H,27,30,34). The van der Waals surface area contributed by atoms with E-state index < -0.39 is 0 Å². The maximum atomic E-state index is 12.5. The van der Waals surface area contributed by atoms with E-state index in [1.165, 1.54) is 5.56 Å². The first-order valence-electron chi connectivity index (χ1n) is 12.1. The lowest BCUT2D eigenvalue weighted by Gasteiger charge is -2.31. The summed E-state index contributed by atoms with van der Waals surface area (Å²) in [6, 6.07) is 14.3. The van der Waals surface area contributed by atoms with Gasteiger partial charge in [-0.1, -0.05) is 35.5 Å². The van der Waals surface area contributed by atoms with Crippen LogP contribution in [0, 0.1) is 0 Å². The molecule has 1 aromatic carbocycles. The van der Waals surface area contributed by atoms with Crippen LogP contribution in [-0.2, 0) is 17.8 Å². The molecule has 0 saturated carbocycles. The Labute approximate surface area is 205 Å². The number of nitrogens with zero attached hydrogens (tertiary/aromatic N) is 6. The molecule has 2 amide bonds. The second-order valence-electron chi connectivity index (χ2n) is 8.82. The van der Waals surface area contributed by atoms with Gasteiger partial charge in [0.05, 0.1) is 18.4 Å². The van der Waals surface area contributed by atoms with Gasteiger partial charge >= 0.3 is 0 Å². The van der Waals surface area contributed by atoms with E-state index in [1.807, 2.05) is 12.1 Å². The molecule has 1 aliphatic rings. The van der Waals surface area contributed by atoms with Gasteiger partial charge in [-0.25, -0.2) is 0 Å². The molecule has 0 bridgehead atoms. The molecule has 1 saturated heterocycles. The van der Waals surface area contributed by atoms with Gasteiger partial charge in [0, 0.05) is 13.6 Å². The van der Waals surface area contributed by atoms with E-state index in [4.69, 9.17) is 0 Å². The second-order valence-corrected chi connectivity index (χ2v) is 8.82.